The number of anilines is 1. The van der Waals surface area contributed by atoms with Crippen LogP contribution in [-0.4, -0.2) is 38.8 Å². The Morgan fingerprint density at radius 1 is 1.21 bits per heavy atom. The van der Waals surface area contributed by atoms with E-state index in [1.165, 1.54) is 13.2 Å². The lowest BCUT2D eigenvalue weighted by Gasteiger charge is -2.19. The van der Waals surface area contributed by atoms with E-state index in [0.717, 1.165) is 22.0 Å². The molecule has 1 amide bonds. The van der Waals surface area contributed by atoms with Gasteiger partial charge in [-0.3, -0.25) is 4.79 Å². The number of aryl methyl sites for hydroxylation is 1. The first-order chi connectivity index (χ1) is 13.1. The molecule has 2 rings (SSSR count). The quantitative estimate of drug-likeness (QED) is 0.721. The predicted octanol–water partition coefficient (Wildman–Crippen LogP) is 4.08. The van der Waals surface area contributed by atoms with Crippen molar-refractivity contribution in [1.29, 1.82) is 0 Å². The lowest BCUT2D eigenvalue weighted by Crippen LogP contribution is -2.31. The van der Waals surface area contributed by atoms with Gasteiger partial charge in [0.25, 0.3) is 5.91 Å². The molecule has 0 aromatic heterocycles. The molecule has 0 aliphatic rings. The maximum Gasteiger partial charge on any atom is 0.255 e. The summed E-state index contributed by atoms with van der Waals surface area (Å²) in [6, 6.07) is 6.42. The summed E-state index contributed by atoms with van der Waals surface area (Å²) in [6.45, 7) is 5.46. The van der Waals surface area contributed by atoms with Crippen LogP contribution < -0.4 is 10.1 Å². The van der Waals surface area contributed by atoms with Crippen molar-refractivity contribution in [3.63, 3.8) is 0 Å². The summed E-state index contributed by atoms with van der Waals surface area (Å²) >= 11 is 6.06. The number of rotatable bonds is 7. The minimum absolute atomic E-state index is 0.00165. The Morgan fingerprint density at radius 2 is 1.86 bits per heavy atom. The van der Waals surface area contributed by atoms with Crippen molar-refractivity contribution >= 4 is 33.2 Å². The van der Waals surface area contributed by atoms with Crippen LogP contribution in [-0.2, 0) is 10.0 Å². The number of ether oxygens (including phenoxy) is 1. The highest BCUT2D eigenvalue weighted by Gasteiger charge is 2.26. The van der Waals surface area contributed by atoms with E-state index in [9.17, 15) is 17.6 Å². The Hall–Kier alpha value is -2.16. The zero-order chi connectivity index (χ0) is 21.1. The molecule has 0 atom stereocenters. The molecule has 0 fully saturated rings. The van der Waals surface area contributed by atoms with E-state index in [0.29, 0.717) is 16.5 Å². The first-order valence-corrected chi connectivity index (χ1v) is 10.4. The number of nitrogens with one attached hydrogen (secondary N) is 1. The Kier molecular flexibility index (Phi) is 7.03. The Balaban J connectivity index is 2.42. The summed E-state index contributed by atoms with van der Waals surface area (Å²) < 4.78 is 45.9. The van der Waals surface area contributed by atoms with Gasteiger partial charge >= 0.3 is 0 Å². The van der Waals surface area contributed by atoms with E-state index in [1.54, 1.807) is 32.9 Å². The second-order valence-corrected chi connectivity index (χ2v) is 8.30. The second kappa shape index (κ2) is 8.89. The number of nitrogens with zero attached hydrogens (tertiary/aromatic N) is 1. The summed E-state index contributed by atoms with van der Waals surface area (Å²) in [7, 11) is -2.62. The number of hydrogen-bond acceptors (Lipinski definition) is 4. The molecule has 0 saturated carbocycles. The molecule has 1 N–H and O–H groups in total. The van der Waals surface area contributed by atoms with Crippen LogP contribution in [0.2, 0.25) is 5.02 Å². The SMILES string of the molecule is CCN(CC)S(=O)(=O)c1cc(C(=O)Nc2cc(C)c(Cl)cc2OC)ccc1F. The fourth-order valence-corrected chi connectivity index (χ4v) is 4.37. The van der Waals surface area contributed by atoms with Crippen molar-refractivity contribution in [1.82, 2.24) is 4.31 Å². The summed E-state index contributed by atoms with van der Waals surface area (Å²) in [5.41, 5.74) is 1.09. The van der Waals surface area contributed by atoms with Gasteiger partial charge in [0.15, 0.2) is 0 Å². The molecule has 0 heterocycles. The summed E-state index contributed by atoms with van der Waals surface area (Å²) in [6.07, 6.45) is 0. The smallest absolute Gasteiger partial charge is 0.255 e. The monoisotopic (exact) mass is 428 g/mol. The highest BCUT2D eigenvalue weighted by atomic mass is 35.5. The Labute approximate surface area is 169 Å². The average Bonchev–Trinajstić information content (AvgIpc) is 2.65. The minimum Gasteiger partial charge on any atom is -0.495 e. The number of methoxy groups -OCH3 is 1. The second-order valence-electron chi connectivity index (χ2n) is 5.99. The Bertz CT molecular complexity index is 992. The number of carbonyl (C=O) groups excluding carboxylic acids is 1. The van der Waals surface area contributed by atoms with Crippen LogP contribution in [0.25, 0.3) is 0 Å². The number of hydrogen-bond donors (Lipinski definition) is 1. The van der Waals surface area contributed by atoms with Gasteiger partial charge in [0.05, 0.1) is 12.8 Å². The van der Waals surface area contributed by atoms with Crippen LogP contribution in [0.5, 0.6) is 5.75 Å². The lowest BCUT2D eigenvalue weighted by molar-refractivity contribution is 0.102. The highest BCUT2D eigenvalue weighted by molar-refractivity contribution is 7.89. The van der Waals surface area contributed by atoms with E-state index in [1.807, 2.05) is 0 Å². The fraction of sp³-hybridized carbons (Fsp3) is 0.316. The number of sulfonamides is 1. The van der Waals surface area contributed by atoms with Crippen molar-refractivity contribution in [2.45, 2.75) is 25.7 Å². The van der Waals surface area contributed by atoms with Crippen molar-refractivity contribution < 1.29 is 22.3 Å². The fourth-order valence-electron chi connectivity index (χ4n) is 2.67. The summed E-state index contributed by atoms with van der Waals surface area (Å²) in [5, 5.41) is 3.12. The average molecular weight is 429 g/mol. The minimum atomic E-state index is -4.05. The van der Waals surface area contributed by atoms with Crippen LogP contribution in [0.4, 0.5) is 10.1 Å². The maximum absolute atomic E-state index is 14.2. The van der Waals surface area contributed by atoms with E-state index in [-0.39, 0.29) is 18.7 Å². The molecule has 0 aliphatic heterocycles. The lowest BCUT2D eigenvalue weighted by atomic mass is 10.1. The molecular formula is C19H22ClFN2O4S. The molecule has 0 unspecified atom stereocenters. The number of benzene rings is 2. The molecule has 2 aromatic carbocycles. The number of halogens is 2. The van der Waals surface area contributed by atoms with Gasteiger partial charge in [0.1, 0.15) is 16.5 Å². The standard InChI is InChI=1S/C19H22ClFN2O4S/c1-5-23(6-2)28(25,26)18-10-13(7-8-15(18)21)19(24)22-16-9-12(3)14(20)11-17(16)27-4/h7-11H,5-6H2,1-4H3,(H,22,24). The molecule has 0 bridgehead atoms. The summed E-state index contributed by atoms with van der Waals surface area (Å²) in [5.74, 6) is -1.17. The zero-order valence-electron chi connectivity index (χ0n) is 16.0. The molecule has 6 nitrogen and oxygen atoms in total. The van der Waals surface area contributed by atoms with Gasteiger partial charge in [-0.1, -0.05) is 25.4 Å². The van der Waals surface area contributed by atoms with Crippen LogP contribution >= 0.6 is 11.6 Å². The van der Waals surface area contributed by atoms with Crippen molar-refractivity contribution in [3.8, 4) is 5.75 Å². The summed E-state index contributed by atoms with van der Waals surface area (Å²) in [4.78, 5) is 12.1. The molecule has 152 valence electrons. The van der Waals surface area contributed by atoms with Gasteiger partial charge < -0.3 is 10.1 Å². The van der Waals surface area contributed by atoms with Gasteiger partial charge in [-0.2, -0.15) is 4.31 Å². The van der Waals surface area contributed by atoms with Crippen LogP contribution in [0, 0.1) is 12.7 Å². The van der Waals surface area contributed by atoms with Crippen molar-refractivity contribution in [3.05, 3.63) is 52.3 Å². The normalized spacial score (nSPS) is 11.5. The van der Waals surface area contributed by atoms with E-state index in [4.69, 9.17) is 16.3 Å². The van der Waals surface area contributed by atoms with Gasteiger partial charge in [0.2, 0.25) is 10.0 Å². The third-order valence-electron chi connectivity index (χ3n) is 4.25. The van der Waals surface area contributed by atoms with Gasteiger partial charge in [0, 0.05) is 29.7 Å². The molecule has 2 aromatic rings. The van der Waals surface area contributed by atoms with E-state index >= 15 is 0 Å². The van der Waals surface area contributed by atoms with Crippen molar-refractivity contribution in [2.75, 3.05) is 25.5 Å². The third kappa shape index (κ3) is 4.45. The van der Waals surface area contributed by atoms with Gasteiger partial charge in [-0.25, -0.2) is 12.8 Å². The molecule has 0 radical (unpaired) electrons. The van der Waals surface area contributed by atoms with Crippen molar-refractivity contribution in [2.24, 2.45) is 0 Å². The zero-order valence-corrected chi connectivity index (χ0v) is 17.6. The van der Waals surface area contributed by atoms with Crippen LogP contribution in [0.3, 0.4) is 0 Å². The van der Waals surface area contributed by atoms with E-state index < -0.39 is 26.6 Å². The van der Waals surface area contributed by atoms with Crippen LogP contribution in [0.1, 0.15) is 29.8 Å². The number of amides is 1. The topological polar surface area (TPSA) is 75.7 Å². The molecule has 0 aliphatic carbocycles. The Morgan fingerprint density at radius 3 is 2.43 bits per heavy atom. The highest BCUT2D eigenvalue weighted by Crippen LogP contribution is 2.31. The maximum atomic E-state index is 14.2. The first kappa shape index (κ1) is 22.1. The molecule has 0 saturated heterocycles. The predicted molar refractivity (Wildman–Crippen MR) is 107 cm³/mol. The number of carbonyl (C=O) groups is 1. The third-order valence-corrected chi connectivity index (χ3v) is 6.72. The van der Waals surface area contributed by atoms with Crippen LogP contribution in [0.15, 0.2) is 35.2 Å². The molecule has 9 heteroatoms. The molecule has 0 spiro atoms. The van der Waals surface area contributed by atoms with E-state index in [2.05, 4.69) is 5.32 Å². The first-order valence-electron chi connectivity index (χ1n) is 8.60. The van der Waals surface area contributed by atoms with Gasteiger partial charge in [-0.15, -0.1) is 0 Å². The molecular weight excluding hydrogens is 407 g/mol. The van der Waals surface area contributed by atoms with Gasteiger partial charge in [-0.05, 0) is 36.8 Å². The largest absolute Gasteiger partial charge is 0.495 e. The molecule has 28 heavy (non-hydrogen) atoms.